The number of allylic oxidation sites excluding steroid dienone is 3. The second-order valence-corrected chi connectivity index (χ2v) is 6.09. The molecule has 0 aromatic rings. The fourth-order valence-electron chi connectivity index (χ4n) is 3.70. The number of carbonyl (C=O) groups is 1. The van der Waals surface area contributed by atoms with E-state index >= 15 is 0 Å². The van der Waals surface area contributed by atoms with E-state index in [-0.39, 0.29) is 22.9 Å². The molecule has 0 aromatic heterocycles. The van der Waals surface area contributed by atoms with Gasteiger partial charge in [-0.1, -0.05) is 31.6 Å². The van der Waals surface area contributed by atoms with Crippen molar-refractivity contribution in [3.63, 3.8) is 0 Å². The molecule has 1 fully saturated rings. The zero-order valence-corrected chi connectivity index (χ0v) is 10.8. The first-order valence-electron chi connectivity index (χ1n) is 6.19. The van der Waals surface area contributed by atoms with Crippen LogP contribution in [-0.4, -0.2) is 12.1 Å². The molecule has 2 nitrogen and oxygen atoms in total. The molecule has 2 heteroatoms. The summed E-state index contributed by atoms with van der Waals surface area (Å²) >= 11 is 0. The number of hydrogen-bond acceptors (Lipinski definition) is 2. The van der Waals surface area contributed by atoms with Crippen molar-refractivity contribution >= 4 is 5.97 Å². The summed E-state index contributed by atoms with van der Waals surface area (Å²) in [7, 11) is 0. The molecule has 0 N–H and O–H groups in total. The molecule has 0 saturated carbocycles. The molecule has 0 radical (unpaired) electrons. The van der Waals surface area contributed by atoms with Crippen LogP contribution in [-0.2, 0) is 9.53 Å². The van der Waals surface area contributed by atoms with E-state index in [0.717, 1.165) is 17.6 Å². The van der Waals surface area contributed by atoms with Crippen LogP contribution in [0.2, 0.25) is 0 Å². The Bertz CT molecular complexity index is 505. The molecule has 0 aromatic carbocycles. The molecule has 0 spiro atoms. The quantitative estimate of drug-likeness (QED) is 0.472. The predicted molar refractivity (Wildman–Crippen MR) is 66.3 cm³/mol. The van der Waals surface area contributed by atoms with Gasteiger partial charge < -0.3 is 4.74 Å². The molecule has 0 bridgehead atoms. The maximum absolute atomic E-state index is 12.0. The largest absolute Gasteiger partial charge is 0.453 e. The van der Waals surface area contributed by atoms with E-state index in [4.69, 9.17) is 4.74 Å². The van der Waals surface area contributed by atoms with Crippen LogP contribution in [0.1, 0.15) is 34.1 Å². The van der Waals surface area contributed by atoms with Gasteiger partial charge in [0.05, 0.1) is 11.0 Å². The third-order valence-corrected chi connectivity index (χ3v) is 4.51. The number of carbonyl (C=O) groups excluding carboxylic acids is 1. The van der Waals surface area contributed by atoms with Crippen LogP contribution in [0, 0.1) is 10.8 Å². The lowest BCUT2D eigenvalue weighted by Crippen LogP contribution is -2.40. The molecule has 2 atom stereocenters. The first kappa shape index (κ1) is 10.8. The highest BCUT2D eigenvalue weighted by Gasteiger charge is 2.57. The van der Waals surface area contributed by atoms with Crippen molar-refractivity contribution in [3.05, 3.63) is 34.9 Å². The summed E-state index contributed by atoms with van der Waals surface area (Å²) in [5.41, 5.74) is 3.18. The molecule has 1 aliphatic heterocycles. The maximum Gasteiger partial charge on any atom is 0.335 e. The van der Waals surface area contributed by atoms with E-state index in [1.54, 1.807) is 0 Å². The van der Waals surface area contributed by atoms with Gasteiger partial charge >= 0.3 is 5.97 Å². The first-order valence-corrected chi connectivity index (χ1v) is 6.19. The summed E-state index contributed by atoms with van der Waals surface area (Å²) in [5, 5.41) is 0. The lowest BCUT2D eigenvalue weighted by molar-refractivity contribution is -0.137. The van der Waals surface area contributed by atoms with Crippen LogP contribution in [0.15, 0.2) is 34.9 Å². The Morgan fingerprint density at radius 1 is 1.35 bits per heavy atom. The molecule has 90 valence electrons. The Labute approximate surface area is 102 Å². The standard InChI is InChI=1S/C15H18O2/c1-9-5-6-10-14(2,3)8-7-11-15(10,4)12(9)13(16)17-11/h6-8,11H,5H2,1-4H3/t11-,15+/m1/s1. The van der Waals surface area contributed by atoms with Gasteiger partial charge in [-0.3, -0.25) is 0 Å². The number of ether oxygens (including phenoxy) is 1. The lowest BCUT2D eigenvalue weighted by Gasteiger charge is -2.44. The highest BCUT2D eigenvalue weighted by atomic mass is 16.6. The van der Waals surface area contributed by atoms with Gasteiger partial charge in [0.2, 0.25) is 0 Å². The normalized spacial score (nSPS) is 37.8. The predicted octanol–water partition coefficient (Wildman–Crippen LogP) is 3.16. The van der Waals surface area contributed by atoms with Crippen LogP contribution in [0.5, 0.6) is 0 Å². The maximum atomic E-state index is 12.0. The molecular formula is C15H18O2. The average Bonchev–Trinajstić information content (AvgIpc) is 2.47. The smallest absolute Gasteiger partial charge is 0.335 e. The highest BCUT2D eigenvalue weighted by molar-refractivity contribution is 5.95. The Hall–Kier alpha value is -1.31. The van der Waals surface area contributed by atoms with Crippen molar-refractivity contribution in [1.82, 2.24) is 0 Å². The lowest BCUT2D eigenvalue weighted by atomic mass is 9.58. The monoisotopic (exact) mass is 230 g/mol. The van der Waals surface area contributed by atoms with Gasteiger partial charge in [0, 0.05) is 5.41 Å². The van der Waals surface area contributed by atoms with Gasteiger partial charge in [-0.05, 0) is 31.9 Å². The van der Waals surface area contributed by atoms with Crippen molar-refractivity contribution < 1.29 is 9.53 Å². The molecule has 0 amide bonds. The molecule has 1 heterocycles. The number of esters is 1. The molecule has 1 saturated heterocycles. The summed E-state index contributed by atoms with van der Waals surface area (Å²) < 4.78 is 5.52. The van der Waals surface area contributed by atoms with Gasteiger partial charge in [-0.25, -0.2) is 4.79 Å². The highest BCUT2D eigenvalue weighted by Crippen LogP contribution is 2.58. The Balaban J connectivity index is 2.28. The SMILES string of the molecule is CC1=C2C(=O)O[C@@H]3C=CC(C)(C)C(=CC1)[C@]23C. The van der Waals surface area contributed by atoms with Crippen LogP contribution in [0.25, 0.3) is 0 Å². The van der Waals surface area contributed by atoms with Gasteiger partial charge in [-0.15, -0.1) is 0 Å². The minimum absolute atomic E-state index is 0.0190. The topological polar surface area (TPSA) is 26.3 Å². The molecule has 0 unspecified atom stereocenters. The first-order chi connectivity index (χ1) is 7.87. The molecule has 2 aliphatic carbocycles. The van der Waals surface area contributed by atoms with Crippen LogP contribution in [0.3, 0.4) is 0 Å². The van der Waals surface area contributed by atoms with E-state index in [9.17, 15) is 4.79 Å². The van der Waals surface area contributed by atoms with Gasteiger partial charge in [-0.2, -0.15) is 0 Å². The van der Waals surface area contributed by atoms with Crippen LogP contribution >= 0.6 is 0 Å². The fourth-order valence-corrected chi connectivity index (χ4v) is 3.70. The van der Waals surface area contributed by atoms with Gasteiger partial charge in [0.25, 0.3) is 0 Å². The number of rotatable bonds is 0. The Kier molecular flexibility index (Phi) is 1.86. The fraction of sp³-hybridized carbons (Fsp3) is 0.533. The van der Waals surface area contributed by atoms with Gasteiger partial charge in [0.15, 0.2) is 0 Å². The van der Waals surface area contributed by atoms with Crippen molar-refractivity contribution in [2.24, 2.45) is 10.8 Å². The minimum Gasteiger partial charge on any atom is -0.453 e. The van der Waals surface area contributed by atoms with Crippen LogP contribution < -0.4 is 0 Å². The molecule has 3 aliphatic rings. The second-order valence-electron chi connectivity index (χ2n) is 6.09. The summed E-state index contributed by atoms with van der Waals surface area (Å²) in [5.74, 6) is -0.122. The van der Waals surface area contributed by atoms with E-state index in [1.807, 2.05) is 6.92 Å². The third kappa shape index (κ3) is 1.13. The summed E-state index contributed by atoms with van der Waals surface area (Å²) in [6.45, 7) is 8.61. The summed E-state index contributed by atoms with van der Waals surface area (Å²) in [4.78, 5) is 12.0. The zero-order valence-electron chi connectivity index (χ0n) is 10.8. The molecular weight excluding hydrogens is 212 g/mol. The van der Waals surface area contributed by atoms with E-state index in [1.165, 1.54) is 5.57 Å². The van der Waals surface area contributed by atoms with E-state index in [0.29, 0.717) is 0 Å². The van der Waals surface area contributed by atoms with Crippen LogP contribution in [0.4, 0.5) is 0 Å². The van der Waals surface area contributed by atoms with E-state index < -0.39 is 0 Å². The Morgan fingerprint density at radius 3 is 2.76 bits per heavy atom. The molecule has 3 rings (SSSR count). The minimum atomic E-state index is -0.238. The van der Waals surface area contributed by atoms with Crippen molar-refractivity contribution in [3.8, 4) is 0 Å². The van der Waals surface area contributed by atoms with Crippen molar-refractivity contribution in [2.45, 2.75) is 40.2 Å². The van der Waals surface area contributed by atoms with Crippen molar-refractivity contribution in [1.29, 1.82) is 0 Å². The summed E-state index contributed by atoms with van der Waals surface area (Å²) in [6, 6.07) is 0. The molecule has 17 heavy (non-hydrogen) atoms. The Morgan fingerprint density at radius 2 is 2.06 bits per heavy atom. The summed E-state index contributed by atoms with van der Waals surface area (Å²) in [6.07, 6.45) is 7.28. The average molecular weight is 230 g/mol. The van der Waals surface area contributed by atoms with E-state index in [2.05, 4.69) is 39.0 Å². The van der Waals surface area contributed by atoms with Gasteiger partial charge in [0.1, 0.15) is 6.10 Å². The second kappa shape index (κ2) is 2.92. The van der Waals surface area contributed by atoms with Crippen molar-refractivity contribution in [2.75, 3.05) is 0 Å². The third-order valence-electron chi connectivity index (χ3n) is 4.51. The number of hydrogen-bond donors (Lipinski definition) is 0. The zero-order chi connectivity index (χ0) is 12.4.